The lowest BCUT2D eigenvalue weighted by molar-refractivity contribution is -0.232. The molecule has 0 aliphatic heterocycles. The quantitative estimate of drug-likeness (QED) is 0.0889. The van der Waals surface area contributed by atoms with Crippen molar-refractivity contribution in [2.75, 3.05) is 94.5 Å². The standard InChI is InChI=1S/C38H54N3O14P/c1-49-33(42)23-39(20-21-40(24-34(43)50-2)25-35(44)51-3)22-31(41(26-36(45)52-4)27-37(46)53-5)28-54-56(47,48)55-32-16-18-38(19-17-32,29-12-8-6-9-13-29)30-14-10-7-11-15-30/h6-15,31-32H,16-28H2,1-5H3,(H,47,48)/p-1. The van der Waals surface area contributed by atoms with Crippen LogP contribution >= 0.6 is 7.82 Å². The molecular formula is C38H53N3O14P-. The number of carbonyl (C=O) groups excluding carboxylic acids is 5. The molecule has 310 valence electrons. The number of phosphoric ester groups is 1. The first-order chi connectivity index (χ1) is 26.8. The van der Waals surface area contributed by atoms with E-state index in [4.69, 9.17) is 32.7 Å². The van der Waals surface area contributed by atoms with Crippen LogP contribution in [0.2, 0.25) is 0 Å². The number of rotatable bonds is 23. The monoisotopic (exact) mass is 806 g/mol. The maximum absolute atomic E-state index is 13.5. The molecule has 2 aromatic rings. The molecule has 17 nitrogen and oxygen atoms in total. The smallest absolute Gasteiger partial charge is 0.319 e. The van der Waals surface area contributed by atoms with Crippen molar-refractivity contribution in [1.29, 1.82) is 0 Å². The van der Waals surface area contributed by atoms with E-state index in [1.54, 1.807) is 0 Å². The Kier molecular flexibility index (Phi) is 19.1. The largest absolute Gasteiger partial charge is 0.756 e. The number of benzene rings is 2. The van der Waals surface area contributed by atoms with E-state index in [0.717, 1.165) is 25.3 Å². The first-order valence-corrected chi connectivity index (χ1v) is 19.5. The highest BCUT2D eigenvalue weighted by atomic mass is 31.2. The number of nitrogens with zero attached hydrogens (tertiary/aromatic N) is 3. The first kappa shape index (κ1) is 46.2. The van der Waals surface area contributed by atoms with Crippen LogP contribution in [-0.4, -0.2) is 151 Å². The molecule has 56 heavy (non-hydrogen) atoms. The highest BCUT2D eigenvalue weighted by Crippen LogP contribution is 2.49. The minimum atomic E-state index is -5.00. The molecule has 1 aliphatic rings. The molecule has 2 aromatic carbocycles. The van der Waals surface area contributed by atoms with Crippen LogP contribution in [0.3, 0.4) is 0 Å². The van der Waals surface area contributed by atoms with Gasteiger partial charge in [-0.3, -0.25) is 43.2 Å². The van der Waals surface area contributed by atoms with Crippen molar-refractivity contribution >= 4 is 37.7 Å². The Labute approximate surface area is 327 Å². The Balaban J connectivity index is 1.83. The summed E-state index contributed by atoms with van der Waals surface area (Å²) >= 11 is 0. The summed E-state index contributed by atoms with van der Waals surface area (Å²) in [6.07, 6.45) is 1.39. The van der Waals surface area contributed by atoms with E-state index < -0.39 is 69.5 Å². The number of ether oxygens (including phenoxy) is 5. The summed E-state index contributed by atoms with van der Waals surface area (Å²) in [6.45, 7) is -2.58. The topological polar surface area (TPSA) is 200 Å². The van der Waals surface area contributed by atoms with E-state index >= 15 is 0 Å². The molecule has 2 unspecified atom stereocenters. The summed E-state index contributed by atoms with van der Waals surface area (Å²) < 4.78 is 48.6. The van der Waals surface area contributed by atoms with Crippen LogP contribution in [-0.2, 0) is 66.7 Å². The highest BCUT2D eigenvalue weighted by Gasteiger charge is 2.40. The number of phosphoric acid groups is 1. The maximum Gasteiger partial charge on any atom is 0.319 e. The SMILES string of the molecule is COC(=O)CN(CCN(CC(=O)OC)CC(COP(=O)([O-])OC1CCC(c2ccccc2)(c2ccccc2)CC1)N(CC(=O)OC)CC(=O)OC)CC(=O)OC. The summed E-state index contributed by atoms with van der Waals surface area (Å²) in [6, 6.07) is 19.1. The fourth-order valence-corrected chi connectivity index (χ4v) is 7.65. The molecule has 1 aliphatic carbocycles. The van der Waals surface area contributed by atoms with Gasteiger partial charge in [0.1, 0.15) is 0 Å². The van der Waals surface area contributed by atoms with Gasteiger partial charge in [-0.05, 0) is 36.8 Å². The van der Waals surface area contributed by atoms with Crippen molar-refractivity contribution in [2.24, 2.45) is 0 Å². The number of carbonyl (C=O) groups is 5. The van der Waals surface area contributed by atoms with Gasteiger partial charge in [-0.15, -0.1) is 0 Å². The Hall–Kier alpha value is -4.22. The van der Waals surface area contributed by atoms with Crippen molar-refractivity contribution in [3.05, 3.63) is 71.8 Å². The zero-order valence-electron chi connectivity index (χ0n) is 32.6. The third-order valence-electron chi connectivity index (χ3n) is 9.72. The predicted molar refractivity (Wildman–Crippen MR) is 199 cm³/mol. The fraction of sp³-hybridized carbons (Fsp3) is 0.553. The Morgan fingerprint density at radius 3 is 1.48 bits per heavy atom. The van der Waals surface area contributed by atoms with Gasteiger partial charge in [0.15, 0.2) is 0 Å². The lowest BCUT2D eigenvalue weighted by Gasteiger charge is -2.42. The van der Waals surface area contributed by atoms with E-state index in [1.165, 1.54) is 36.0 Å². The van der Waals surface area contributed by atoms with Crippen LogP contribution in [0.4, 0.5) is 0 Å². The van der Waals surface area contributed by atoms with E-state index in [1.807, 2.05) is 36.4 Å². The summed E-state index contributed by atoms with van der Waals surface area (Å²) in [5, 5.41) is 0. The molecule has 2 atom stereocenters. The zero-order valence-corrected chi connectivity index (χ0v) is 33.5. The summed E-state index contributed by atoms with van der Waals surface area (Å²) in [5.74, 6) is -3.41. The molecular weight excluding hydrogens is 753 g/mol. The van der Waals surface area contributed by atoms with Gasteiger partial charge in [-0.1, -0.05) is 60.7 Å². The average molecular weight is 807 g/mol. The molecule has 1 fully saturated rings. The second kappa shape index (κ2) is 23.1. The van der Waals surface area contributed by atoms with Crippen molar-refractivity contribution in [3.8, 4) is 0 Å². The molecule has 0 bridgehead atoms. The Bertz CT molecular complexity index is 1530. The summed E-state index contributed by atoms with van der Waals surface area (Å²) in [7, 11) is 0.875. The summed E-state index contributed by atoms with van der Waals surface area (Å²) in [4.78, 5) is 79.5. The lowest BCUT2D eigenvalue weighted by Crippen LogP contribution is -2.52. The van der Waals surface area contributed by atoms with Crippen molar-refractivity contribution in [3.63, 3.8) is 0 Å². The van der Waals surface area contributed by atoms with Crippen LogP contribution in [0.15, 0.2) is 60.7 Å². The maximum atomic E-state index is 13.5. The highest BCUT2D eigenvalue weighted by molar-refractivity contribution is 7.45. The van der Waals surface area contributed by atoms with E-state index in [2.05, 4.69) is 24.3 Å². The van der Waals surface area contributed by atoms with E-state index in [0.29, 0.717) is 25.7 Å². The summed E-state index contributed by atoms with van der Waals surface area (Å²) in [5.41, 5.74) is 1.91. The van der Waals surface area contributed by atoms with Gasteiger partial charge in [-0.2, -0.15) is 0 Å². The van der Waals surface area contributed by atoms with Crippen molar-refractivity contribution < 1.29 is 66.2 Å². The van der Waals surface area contributed by atoms with Gasteiger partial charge in [0.2, 0.25) is 0 Å². The number of esters is 5. The van der Waals surface area contributed by atoms with Gasteiger partial charge < -0.3 is 37.6 Å². The molecule has 0 radical (unpaired) electrons. The van der Waals surface area contributed by atoms with Crippen LogP contribution in [0.1, 0.15) is 36.8 Å². The van der Waals surface area contributed by atoms with Gasteiger partial charge in [0.25, 0.3) is 7.82 Å². The first-order valence-electron chi connectivity index (χ1n) is 18.1. The molecule has 0 spiro atoms. The van der Waals surface area contributed by atoms with Crippen LogP contribution < -0.4 is 4.89 Å². The number of methoxy groups -OCH3 is 5. The average Bonchev–Trinajstić information content (AvgIpc) is 3.21. The number of hydrogen-bond donors (Lipinski definition) is 0. The van der Waals surface area contributed by atoms with Gasteiger partial charge in [-0.25, -0.2) is 0 Å². The third kappa shape index (κ3) is 14.7. The normalized spacial score (nSPS) is 15.8. The van der Waals surface area contributed by atoms with Crippen LogP contribution in [0.5, 0.6) is 0 Å². The second-order valence-electron chi connectivity index (χ2n) is 13.2. The van der Waals surface area contributed by atoms with Gasteiger partial charge in [0, 0.05) is 31.1 Å². The van der Waals surface area contributed by atoms with Crippen LogP contribution in [0.25, 0.3) is 0 Å². The second-order valence-corrected chi connectivity index (χ2v) is 14.6. The lowest BCUT2D eigenvalue weighted by atomic mass is 9.65. The minimum Gasteiger partial charge on any atom is -0.756 e. The zero-order chi connectivity index (χ0) is 41.1. The van der Waals surface area contributed by atoms with E-state index in [-0.39, 0.29) is 44.7 Å². The molecule has 1 saturated carbocycles. The molecule has 18 heteroatoms. The van der Waals surface area contributed by atoms with Gasteiger partial charge in [0.05, 0.1) is 81.0 Å². The number of hydrogen-bond acceptors (Lipinski definition) is 17. The van der Waals surface area contributed by atoms with Crippen LogP contribution in [0, 0.1) is 0 Å². The predicted octanol–water partition coefficient (Wildman–Crippen LogP) is 1.56. The Morgan fingerprint density at radius 1 is 0.661 bits per heavy atom. The molecule has 0 saturated heterocycles. The minimum absolute atomic E-state index is 0.0159. The van der Waals surface area contributed by atoms with Gasteiger partial charge >= 0.3 is 29.8 Å². The Morgan fingerprint density at radius 2 is 1.05 bits per heavy atom. The molecule has 0 heterocycles. The fourth-order valence-electron chi connectivity index (χ4n) is 6.66. The molecule has 0 amide bonds. The molecule has 3 rings (SSSR count). The molecule has 0 N–H and O–H groups in total. The van der Waals surface area contributed by atoms with E-state index in [9.17, 15) is 33.4 Å². The van der Waals surface area contributed by atoms with Crippen molar-refractivity contribution in [1.82, 2.24) is 14.7 Å². The third-order valence-corrected chi connectivity index (χ3v) is 10.7. The van der Waals surface area contributed by atoms with Crippen molar-refractivity contribution in [2.45, 2.75) is 43.2 Å². The molecule has 0 aromatic heterocycles.